The molecule has 0 bridgehead atoms. The molecule has 0 radical (unpaired) electrons. The number of nitrogens with two attached hydrogens (primary N) is 1. The molecular weight excluding hydrogens is 242 g/mol. The number of ether oxygens (including phenoxy) is 1. The maximum Gasteiger partial charge on any atom is 0.243 e. The smallest absolute Gasteiger partial charge is 0.243 e. The molecule has 0 saturated heterocycles. The molecule has 0 aliphatic rings. The summed E-state index contributed by atoms with van der Waals surface area (Å²) in [5, 5.41) is 3.86. The maximum absolute atomic E-state index is 5.63. The summed E-state index contributed by atoms with van der Waals surface area (Å²) in [6.45, 7) is 1.80. The molecule has 0 aliphatic heterocycles. The number of nitrogens with zero attached hydrogens (tertiary/aromatic N) is 2. The van der Waals surface area contributed by atoms with Gasteiger partial charge in [-0.3, -0.25) is 0 Å². The van der Waals surface area contributed by atoms with E-state index in [-0.39, 0.29) is 18.4 Å². The Hall–Kier alpha value is -1.59. The molecule has 1 atom stereocenters. The monoisotopic (exact) mass is 255 g/mol. The topological polar surface area (TPSA) is 74.2 Å². The Bertz CT molecular complexity index is 468. The summed E-state index contributed by atoms with van der Waals surface area (Å²) in [6.07, 6.45) is 0. The van der Waals surface area contributed by atoms with E-state index in [1.54, 1.807) is 14.0 Å². The molecular formula is C11H14ClN3O2. The second-order valence-corrected chi connectivity index (χ2v) is 3.47. The third kappa shape index (κ3) is 2.95. The number of aromatic nitrogens is 2. The van der Waals surface area contributed by atoms with Gasteiger partial charge in [0.1, 0.15) is 5.75 Å². The number of hydrogen-bond acceptors (Lipinski definition) is 5. The number of rotatable bonds is 3. The number of benzene rings is 1. The van der Waals surface area contributed by atoms with Crippen LogP contribution in [0.5, 0.6) is 5.75 Å². The molecule has 17 heavy (non-hydrogen) atoms. The van der Waals surface area contributed by atoms with Crippen LogP contribution in [0.4, 0.5) is 0 Å². The summed E-state index contributed by atoms with van der Waals surface area (Å²) in [7, 11) is 1.62. The van der Waals surface area contributed by atoms with Gasteiger partial charge in [0.15, 0.2) is 0 Å². The van der Waals surface area contributed by atoms with Gasteiger partial charge in [0.25, 0.3) is 0 Å². The van der Waals surface area contributed by atoms with E-state index in [2.05, 4.69) is 10.1 Å². The van der Waals surface area contributed by atoms with E-state index in [1.165, 1.54) is 0 Å². The lowest BCUT2D eigenvalue weighted by atomic mass is 10.2. The molecule has 1 aromatic heterocycles. The minimum absolute atomic E-state index is 0. The Morgan fingerprint density at radius 1 is 1.29 bits per heavy atom. The summed E-state index contributed by atoms with van der Waals surface area (Å²) < 4.78 is 10.1. The first-order chi connectivity index (χ1) is 7.70. The number of hydrogen-bond donors (Lipinski definition) is 1. The van der Waals surface area contributed by atoms with Crippen LogP contribution >= 0.6 is 12.4 Å². The van der Waals surface area contributed by atoms with Gasteiger partial charge in [-0.15, -0.1) is 12.4 Å². The van der Waals surface area contributed by atoms with E-state index in [0.717, 1.165) is 11.3 Å². The van der Waals surface area contributed by atoms with Gasteiger partial charge < -0.3 is 15.0 Å². The van der Waals surface area contributed by atoms with Crippen molar-refractivity contribution >= 4 is 12.4 Å². The SMILES string of the molecule is COc1ccc(-c2noc([C@@H](C)N)n2)cc1.Cl. The van der Waals surface area contributed by atoms with Gasteiger partial charge in [0, 0.05) is 5.56 Å². The second-order valence-electron chi connectivity index (χ2n) is 3.47. The van der Waals surface area contributed by atoms with Crippen LogP contribution in [0.3, 0.4) is 0 Å². The predicted molar refractivity (Wildman–Crippen MR) is 66.1 cm³/mol. The van der Waals surface area contributed by atoms with E-state index in [0.29, 0.717) is 11.7 Å². The first-order valence-corrected chi connectivity index (χ1v) is 4.94. The Balaban J connectivity index is 0.00000144. The predicted octanol–water partition coefficient (Wildman–Crippen LogP) is 2.19. The van der Waals surface area contributed by atoms with E-state index in [1.807, 2.05) is 24.3 Å². The Kier molecular flexibility index (Phi) is 4.48. The van der Waals surface area contributed by atoms with E-state index >= 15 is 0 Å². The normalized spacial score (nSPS) is 11.7. The third-order valence-electron chi connectivity index (χ3n) is 2.18. The van der Waals surface area contributed by atoms with Crippen LogP contribution in [0.15, 0.2) is 28.8 Å². The third-order valence-corrected chi connectivity index (χ3v) is 2.18. The van der Waals surface area contributed by atoms with Crippen molar-refractivity contribution in [3.63, 3.8) is 0 Å². The van der Waals surface area contributed by atoms with E-state index < -0.39 is 0 Å². The van der Waals surface area contributed by atoms with Crippen LogP contribution in [-0.2, 0) is 0 Å². The number of methoxy groups -OCH3 is 1. The fourth-order valence-electron chi connectivity index (χ4n) is 1.28. The van der Waals surface area contributed by atoms with Crippen molar-refractivity contribution < 1.29 is 9.26 Å². The van der Waals surface area contributed by atoms with E-state index in [9.17, 15) is 0 Å². The van der Waals surface area contributed by atoms with Crippen LogP contribution < -0.4 is 10.5 Å². The number of halogens is 1. The average Bonchev–Trinajstić information content (AvgIpc) is 2.78. The summed E-state index contributed by atoms with van der Waals surface area (Å²) in [5.41, 5.74) is 6.51. The van der Waals surface area contributed by atoms with Crippen molar-refractivity contribution in [2.75, 3.05) is 7.11 Å². The lowest BCUT2D eigenvalue weighted by Crippen LogP contribution is -2.04. The lowest BCUT2D eigenvalue weighted by molar-refractivity contribution is 0.362. The highest BCUT2D eigenvalue weighted by Gasteiger charge is 2.11. The van der Waals surface area contributed by atoms with Gasteiger partial charge in [-0.05, 0) is 31.2 Å². The second kappa shape index (κ2) is 5.65. The van der Waals surface area contributed by atoms with Crippen molar-refractivity contribution in [2.24, 2.45) is 5.73 Å². The zero-order valence-corrected chi connectivity index (χ0v) is 10.4. The van der Waals surface area contributed by atoms with Crippen molar-refractivity contribution in [2.45, 2.75) is 13.0 Å². The van der Waals surface area contributed by atoms with Gasteiger partial charge in [0.2, 0.25) is 11.7 Å². The first kappa shape index (κ1) is 13.5. The molecule has 0 spiro atoms. The van der Waals surface area contributed by atoms with Gasteiger partial charge in [-0.1, -0.05) is 5.16 Å². The van der Waals surface area contributed by atoms with Crippen LogP contribution in [0.2, 0.25) is 0 Å². The molecule has 2 N–H and O–H groups in total. The zero-order valence-electron chi connectivity index (χ0n) is 9.58. The summed E-state index contributed by atoms with van der Waals surface area (Å²) in [4.78, 5) is 4.19. The van der Waals surface area contributed by atoms with Gasteiger partial charge in [-0.2, -0.15) is 4.98 Å². The quantitative estimate of drug-likeness (QED) is 0.910. The van der Waals surface area contributed by atoms with Crippen molar-refractivity contribution in [1.82, 2.24) is 10.1 Å². The molecule has 0 fully saturated rings. The molecule has 2 rings (SSSR count). The lowest BCUT2D eigenvalue weighted by Gasteiger charge is -1.99. The standard InChI is InChI=1S/C11H13N3O2.ClH/c1-7(12)11-13-10(14-16-11)8-3-5-9(15-2)6-4-8;/h3-7H,12H2,1-2H3;1H/t7-;/m1./s1. The van der Waals surface area contributed by atoms with Crippen LogP contribution in [0.1, 0.15) is 18.9 Å². The zero-order chi connectivity index (χ0) is 11.5. The molecule has 92 valence electrons. The van der Waals surface area contributed by atoms with Crippen molar-refractivity contribution in [3.05, 3.63) is 30.2 Å². The summed E-state index contributed by atoms with van der Waals surface area (Å²) in [6, 6.07) is 7.18. The molecule has 1 heterocycles. The molecule has 6 heteroatoms. The molecule has 0 aliphatic carbocycles. The Morgan fingerprint density at radius 2 is 1.94 bits per heavy atom. The largest absolute Gasteiger partial charge is 0.497 e. The van der Waals surface area contributed by atoms with Gasteiger partial charge in [0.05, 0.1) is 13.2 Å². The minimum atomic E-state index is -0.250. The molecule has 2 aromatic rings. The molecule has 0 unspecified atom stereocenters. The summed E-state index contributed by atoms with van der Waals surface area (Å²) in [5.74, 6) is 1.76. The highest BCUT2D eigenvalue weighted by Crippen LogP contribution is 2.20. The maximum atomic E-state index is 5.63. The van der Waals surface area contributed by atoms with Crippen molar-refractivity contribution in [1.29, 1.82) is 0 Å². The fourth-order valence-corrected chi connectivity index (χ4v) is 1.28. The summed E-state index contributed by atoms with van der Waals surface area (Å²) >= 11 is 0. The Morgan fingerprint density at radius 3 is 2.41 bits per heavy atom. The first-order valence-electron chi connectivity index (χ1n) is 4.94. The van der Waals surface area contributed by atoms with Gasteiger partial charge in [-0.25, -0.2) is 0 Å². The molecule has 0 amide bonds. The van der Waals surface area contributed by atoms with Crippen LogP contribution in [-0.4, -0.2) is 17.3 Å². The van der Waals surface area contributed by atoms with E-state index in [4.69, 9.17) is 15.0 Å². The van der Waals surface area contributed by atoms with Gasteiger partial charge >= 0.3 is 0 Å². The minimum Gasteiger partial charge on any atom is -0.497 e. The highest BCUT2D eigenvalue weighted by atomic mass is 35.5. The molecule has 0 saturated carbocycles. The highest BCUT2D eigenvalue weighted by molar-refractivity contribution is 5.85. The fraction of sp³-hybridized carbons (Fsp3) is 0.273. The Labute approximate surface area is 105 Å². The van der Waals surface area contributed by atoms with Crippen molar-refractivity contribution in [3.8, 4) is 17.1 Å². The molecule has 1 aromatic carbocycles. The average molecular weight is 256 g/mol. The van der Waals surface area contributed by atoms with Crippen LogP contribution in [0.25, 0.3) is 11.4 Å². The van der Waals surface area contributed by atoms with Crippen LogP contribution in [0, 0.1) is 0 Å². The molecule has 5 nitrogen and oxygen atoms in total.